The van der Waals surface area contributed by atoms with Crippen LogP contribution < -0.4 is 29.7 Å². The number of nitrogens with zero attached hydrogens (tertiary/aromatic N) is 2. The molecule has 1 heterocycles. The van der Waals surface area contributed by atoms with Gasteiger partial charge in [0.2, 0.25) is 0 Å². The van der Waals surface area contributed by atoms with Crippen molar-refractivity contribution in [2.75, 3.05) is 19.0 Å². The average Bonchev–Trinajstić information content (AvgIpc) is 3.63. The van der Waals surface area contributed by atoms with Gasteiger partial charge in [0.05, 0.1) is 30.6 Å². The number of rotatable bonds is 15. The van der Waals surface area contributed by atoms with Gasteiger partial charge in [-0.25, -0.2) is 10.4 Å². The molecular formula is C40H35ClN4O5S. The normalized spacial score (nSPS) is 10.9. The summed E-state index contributed by atoms with van der Waals surface area (Å²) in [6.45, 7) is 3.06. The molecule has 0 aliphatic heterocycles. The highest BCUT2D eigenvalue weighted by Gasteiger charge is 2.14. The molecule has 11 heteroatoms. The Morgan fingerprint density at radius 2 is 1.57 bits per heavy atom. The fraction of sp³-hybridized carbons (Fsp3) is 0.125. The Bertz CT molecular complexity index is 2090. The van der Waals surface area contributed by atoms with Crippen molar-refractivity contribution >= 4 is 45.9 Å². The number of amides is 1. The number of ether oxygens (including phenoxy) is 4. The summed E-state index contributed by atoms with van der Waals surface area (Å²) in [6.07, 6.45) is 1.49. The highest BCUT2D eigenvalue weighted by molar-refractivity contribution is 7.14. The van der Waals surface area contributed by atoms with Gasteiger partial charge in [-0.3, -0.25) is 4.79 Å². The Kier molecular flexibility index (Phi) is 11.8. The molecule has 0 saturated carbocycles. The van der Waals surface area contributed by atoms with Crippen LogP contribution in [0.4, 0.5) is 10.8 Å². The number of methoxy groups -OCH3 is 1. The fourth-order valence-electron chi connectivity index (χ4n) is 5.01. The van der Waals surface area contributed by atoms with E-state index >= 15 is 0 Å². The zero-order valence-electron chi connectivity index (χ0n) is 28.0. The van der Waals surface area contributed by atoms with Crippen molar-refractivity contribution in [2.45, 2.75) is 20.1 Å². The van der Waals surface area contributed by atoms with Gasteiger partial charge in [-0.05, 0) is 72.1 Å². The van der Waals surface area contributed by atoms with Crippen molar-refractivity contribution in [3.63, 3.8) is 0 Å². The minimum atomic E-state index is -0.358. The average molecular weight is 719 g/mol. The van der Waals surface area contributed by atoms with Gasteiger partial charge in [0, 0.05) is 22.2 Å². The summed E-state index contributed by atoms with van der Waals surface area (Å²) < 4.78 is 23.5. The Balaban J connectivity index is 1.04. The van der Waals surface area contributed by atoms with Crippen LogP contribution in [0.3, 0.4) is 0 Å². The summed E-state index contributed by atoms with van der Waals surface area (Å²) in [6, 6.07) is 36.1. The van der Waals surface area contributed by atoms with Gasteiger partial charge in [0.25, 0.3) is 5.91 Å². The van der Waals surface area contributed by atoms with Gasteiger partial charge in [-0.2, -0.15) is 5.10 Å². The molecule has 1 aromatic heterocycles. The number of hydrogen-bond acceptors (Lipinski definition) is 9. The molecular weight excluding hydrogens is 684 g/mol. The van der Waals surface area contributed by atoms with Crippen LogP contribution >= 0.6 is 22.9 Å². The van der Waals surface area contributed by atoms with E-state index in [-0.39, 0.29) is 12.5 Å². The van der Waals surface area contributed by atoms with E-state index in [4.69, 9.17) is 30.5 Å². The Labute approximate surface area is 305 Å². The number of anilines is 2. The van der Waals surface area contributed by atoms with Crippen LogP contribution in [0, 0.1) is 0 Å². The lowest BCUT2D eigenvalue weighted by molar-refractivity contribution is 0.0955. The number of carbonyl (C=O) groups excluding carboxylic acids is 1. The van der Waals surface area contributed by atoms with Crippen molar-refractivity contribution in [3.05, 3.63) is 148 Å². The molecule has 1 amide bonds. The molecule has 6 rings (SSSR count). The molecule has 2 N–H and O–H groups in total. The molecule has 0 fully saturated rings. The SMILES string of the molecule is CCOc1cc(COc2c(Cl)cc(/C=N/NC(=O)c3ccc(-c4csc(Nc5ccccc5)n4)cc3)cc2OC)ccc1OCc1ccccc1. The summed E-state index contributed by atoms with van der Waals surface area (Å²) in [4.78, 5) is 17.5. The van der Waals surface area contributed by atoms with Crippen LogP contribution in [0.2, 0.25) is 5.02 Å². The first-order valence-corrected chi connectivity index (χ1v) is 17.4. The predicted molar refractivity (Wildman–Crippen MR) is 203 cm³/mol. The van der Waals surface area contributed by atoms with Crippen LogP contribution in [-0.4, -0.2) is 30.8 Å². The lowest BCUT2D eigenvalue weighted by Gasteiger charge is -2.16. The number of para-hydroxylation sites is 1. The van der Waals surface area contributed by atoms with Crippen LogP contribution in [0.25, 0.3) is 11.3 Å². The molecule has 0 saturated heterocycles. The van der Waals surface area contributed by atoms with Crippen LogP contribution in [-0.2, 0) is 13.2 Å². The van der Waals surface area contributed by atoms with Gasteiger partial charge < -0.3 is 24.3 Å². The molecule has 0 atom stereocenters. The van der Waals surface area contributed by atoms with Gasteiger partial charge in [-0.15, -0.1) is 11.3 Å². The zero-order chi connectivity index (χ0) is 35.4. The van der Waals surface area contributed by atoms with Crippen molar-refractivity contribution in [2.24, 2.45) is 5.10 Å². The monoisotopic (exact) mass is 718 g/mol. The summed E-state index contributed by atoms with van der Waals surface area (Å²) in [7, 11) is 1.53. The quantitative estimate of drug-likeness (QED) is 0.0805. The summed E-state index contributed by atoms with van der Waals surface area (Å²) in [5.74, 6) is 1.72. The molecule has 0 radical (unpaired) electrons. The number of aromatic nitrogens is 1. The van der Waals surface area contributed by atoms with Crippen LogP contribution in [0.15, 0.2) is 126 Å². The second-order valence-electron chi connectivity index (χ2n) is 11.1. The first-order chi connectivity index (χ1) is 25.0. The van der Waals surface area contributed by atoms with Crippen LogP contribution in [0.1, 0.15) is 34.0 Å². The summed E-state index contributed by atoms with van der Waals surface area (Å²) in [5.41, 5.74) is 8.24. The third kappa shape index (κ3) is 9.45. The molecule has 0 bridgehead atoms. The van der Waals surface area contributed by atoms with E-state index in [0.29, 0.717) is 52.4 Å². The second-order valence-corrected chi connectivity index (χ2v) is 12.4. The van der Waals surface area contributed by atoms with Crippen molar-refractivity contribution in [3.8, 4) is 34.3 Å². The number of hydrogen-bond donors (Lipinski definition) is 2. The standard InChI is InChI=1S/C40H35ClN4O5S/c1-3-48-36-21-28(14-19-35(36)49-24-27-10-6-4-7-11-27)25-50-38-33(41)20-29(22-37(38)47-2)23-42-45-39(46)31-17-15-30(16-18-31)34-26-51-40(44-34)43-32-12-8-5-9-13-32/h4-23,26H,3,24-25H2,1-2H3,(H,43,44)(H,45,46)/b42-23+. The number of carbonyl (C=O) groups is 1. The molecule has 0 aliphatic carbocycles. The minimum absolute atomic E-state index is 0.214. The molecule has 51 heavy (non-hydrogen) atoms. The number of thiazole rings is 1. The van der Waals surface area contributed by atoms with Crippen molar-refractivity contribution < 1.29 is 23.7 Å². The second kappa shape index (κ2) is 17.2. The molecule has 5 aromatic carbocycles. The van der Waals surface area contributed by atoms with E-state index in [1.165, 1.54) is 24.7 Å². The maximum absolute atomic E-state index is 12.8. The van der Waals surface area contributed by atoms with E-state index in [0.717, 1.165) is 33.2 Å². The van der Waals surface area contributed by atoms with E-state index in [9.17, 15) is 4.79 Å². The summed E-state index contributed by atoms with van der Waals surface area (Å²) >= 11 is 8.14. The Hall–Kier alpha value is -5.84. The third-order valence-corrected chi connectivity index (χ3v) is 8.57. The maximum atomic E-state index is 12.8. The first-order valence-electron chi connectivity index (χ1n) is 16.1. The van der Waals surface area contributed by atoms with Crippen molar-refractivity contribution in [1.82, 2.24) is 10.4 Å². The molecule has 0 aliphatic rings. The lowest BCUT2D eigenvalue weighted by Crippen LogP contribution is -2.17. The zero-order valence-corrected chi connectivity index (χ0v) is 29.5. The Morgan fingerprint density at radius 3 is 2.31 bits per heavy atom. The van der Waals surface area contributed by atoms with E-state index in [1.54, 1.807) is 24.3 Å². The predicted octanol–water partition coefficient (Wildman–Crippen LogP) is 9.54. The third-order valence-electron chi connectivity index (χ3n) is 7.53. The number of benzene rings is 5. The lowest BCUT2D eigenvalue weighted by atomic mass is 10.1. The van der Waals surface area contributed by atoms with Gasteiger partial charge >= 0.3 is 0 Å². The minimum Gasteiger partial charge on any atom is -0.493 e. The maximum Gasteiger partial charge on any atom is 0.271 e. The first kappa shape index (κ1) is 35.0. The highest BCUT2D eigenvalue weighted by Crippen LogP contribution is 2.37. The molecule has 258 valence electrons. The number of nitrogens with one attached hydrogen (secondary N) is 2. The number of halogens is 1. The smallest absolute Gasteiger partial charge is 0.271 e. The summed E-state index contributed by atoms with van der Waals surface area (Å²) in [5, 5.41) is 10.5. The van der Waals surface area contributed by atoms with Gasteiger partial charge in [-0.1, -0.05) is 78.3 Å². The largest absolute Gasteiger partial charge is 0.493 e. The molecule has 9 nitrogen and oxygen atoms in total. The number of hydrazone groups is 1. The molecule has 0 spiro atoms. The Morgan fingerprint density at radius 1 is 0.824 bits per heavy atom. The van der Waals surface area contributed by atoms with Gasteiger partial charge in [0.1, 0.15) is 13.2 Å². The van der Waals surface area contributed by atoms with E-state index in [1.807, 2.05) is 103 Å². The van der Waals surface area contributed by atoms with E-state index in [2.05, 4.69) is 20.8 Å². The van der Waals surface area contributed by atoms with Crippen LogP contribution in [0.5, 0.6) is 23.0 Å². The highest BCUT2D eigenvalue weighted by atomic mass is 35.5. The van der Waals surface area contributed by atoms with E-state index < -0.39 is 0 Å². The van der Waals surface area contributed by atoms with Crippen molar-refractivity contribution in [1.29, 1.82) is 0 Å². The fourth-order valence-corrected chi connectivity index (χ4v) is 6.02. The van der Waals surface area contributed by atoms with Gasteiger partial charge in [0.15, 0.2) is 28.1 Å². The molecule has 0 unspecified atom stereocenters. The molecule has 6 aromatic rings. The topological polar surface area (TPSA) is 103 Å².